The molecule has 1 unspecified atom stereocenters. The van der Waals surface area contributed by atoms with Crippen molar-refractivity contribution >= 4 is 18.0 Å². The van der Waals surface area contributed by atoms with Gasteiger partial charge in [-0.1, -0.05) is 0 Å². The van der Waals surface area contributed by atoms with E-state index < -0.39 is 0 Å². The zero-order valence-electron chi connectivity index (χ0n) is 5.65. The molecular formula is C5H9NO3S. The van der Waals surface area contributed by atoms with Gasteiger partial charge < -0.3 is 4.79 Å². The van der Waals surface area contributed by atoms with Crippen LogP contribution in [0.25, 0.3) is 0 Å². The second-order valence-electron chi connectivity index (χ2n) is 1.83. The van der Waals surface area contributed by atoms with Crippen LogP contribution in [0, 0.1) is 10.1 Å². The van der Waals surface area contributed by atoms with E-state index in [-0.39, 0.29) is 16.7 Å². The molecule has 0 spiro atoms. The van der Waals surface area contributed by atoms with Crippen molar-refractivity contribution in [3.8, 4) is 0 Å². The molecule has 0 N–H and O–H groups in total. The van der Waals surface area contributed by atoms with Gasteiger partial charge in [-0.3, -0.25) is 10.1 Å². The standard InChI is InChI=1S/C5H9NO3S/c1-5(4-6(8)9)10-3-2-7/h2,5H,3-4H2,1H3. The quantitative estimate of drug-likeness (QED) is 0.338. The van der Waals surface area contributed by atoms with Gasteiger partial charge in [-0.05, 0) is 6.92 Å². The number of hydrogen-bond acceptors (Lipinski definition) is 4. The monoisotopic (exact) mass is 163 g/mol. The number of carbonyl (C=O) groups is 1. The summed E-state index contributed by atoms with van der Waals surface area (Å²) in [5, 5.41) is 9.81. The van der Waals surface area contributed by atoms with Crippen LogP contribution in [0.2, 0.25) is 0 Å². The van der Waals surface area contributed by atoms with Crippen molar-refractivity contribution in [1.29, 1.82) is 0 Å². The van der Waals surface area contributed by atoms with Gasteiger partial charge in [0.25, 0.3) is 0 Å². The van der Waals surface area contributed by atoms with Crippen LogP contribution in [-0.4, -0.2) is 28.8 Å². The lowest BCUT2D eigenvalue weighted by molar-refractivity contribution is -0.478. The Balaban J connectivity index is 3.33. The van der Waals surface area contributed by atoms with Gasteiger partial charge in [0.1, 0.15) is 6.29 Å². The lowest BCUT2D eigenvalue weighted by Crippen LogP contribution is -2.13. The third-order valence-electron chi connectivity index (χ3n) is 0.855. The number of thioether (sulfide) groups is 1. The first-order chi connectivity index (χ1) is 4.66. The SMILES string of the molecule is CC(C[N+](=O)[O-])SCC=O. The molecule has 58 valence electrons. The van der Waals surface area contributed by atoms with Crippen molar-refractivity contribution in [2.45, 2.75) is 12.2 Å². The van der Waals surface area contributed by atoms with Gasteiger partial charge in [-0.25, -0.2) is 0 Å². The Morgan fingerprint density at radius 3 is 2.80 bits per heavy atom. The van der Waals surface area contributed by atoms with Crippen LogP contribution in [0.15, 0.2) is 0 Å². The van der Waals surface area contributed by atoms with Gasteiger partial charge in [-0.15, -0.1) is 11.8 Å². The smallest absolute Gasteiger partial charge is 0.215 e. The van der Waals surface area contributed by atoms with Crippen molar-refractivity contribution < 1.29 is 9.72 Å². The third kappa shape index (κ3) is 5.55. The van der Waals surface area contributed by atoms with Gasteiger partial charge in [0.2, 0.25) is 6.54 Å². The fourth-order valence-corrected chi connectivity index (χ4v) is 1.10. The number of aldehydes is 1. The van der Waals surface area contributed by atoms with Crippen LogP contribution in [0.1, 0.15) is 6.92 Å². The van der Waals surface area contributed by atoms with E-state index >= 15 is 0 Å². The Morgan fingerprint density at radius 2 is 2.40 bits per heavy atom. The van der Waals surface area contributed by atoms with Crippen molar-refractivity contribution in [3.05, 3.63) is 10.1 Å². The summed E-state index contributed by atoms with van der Waals surface area (Å²) in [6.07, 6.45) is 0.751. The molecule has 0 radical (unpaired) electrons. The fraction of sp³-hybridized carbons (Fsp3) is 0.800. The highest BCUT2D eigenvalue weighted by molar-refractivity contribution is 8.00. The molecule has 0 saturated heterocycles. The summed E-state index contributed by atoms with van der Waals surface area (Å²) in [7, 11) is 0. The zero-order chi connectivity index (χ0) is 7.98. The minimum atomic E-state index is -0.373. The molecule has 5 heteroatoms. The van der Waals surface area contributed by atoms with Gasteiger partial charge in [-0.2, -0.15) is 0 Å². The molecule has 1 atom stereocenters. The average Bonchev–Trinajstić information content (AvgIpc) is 1.82. The van der Waals surface area contributed by atoms with E-state index in [1.165, 1.54) is 11.8 Å². The summed E-state index contributed by atoms with van der Waals surface area (Å²) in [4.78, 5) is 19.3. The summed E-state index contributed by atoms with van der Waals surface area (Å²) >= 11 is 1.30. The summed E-state index contributed by atoms with van der Waals surface area (Å²) < 4.78 is 0. The average molecular weight is 163 g/mol. The van der Waals surface area contributed by atoms with E-state index in [9.17, 15) is 14.9 Å². The first-order valence-corrected chi connectivity index (χ1v) is 3.88. The van der Waals surface area contributed by atoms with Crippen LogP contribution >= 0.6 is 11.8 Å². The van der Waals surface area contributed by atoms with Crippen LogP contribution in [0.4, 0.5) is 0 Å². The van der Waals surface area contributed by atoms with E-state index in [0.717, 1.165) is 6.29 Å². The molecule has 0 heterocycles. The maximum atomic E-state index is 9.88. The van der Waals surface area contributed by atoms with Crippen LogP contribution in [0.5, 0.6) is 0 Å². The van der Waals surface area contributed by atoms with Crippen LogP contribution in [0.3, 0.4) is 0 Å². The first-order valence-electron chi connectivity index (χ1n) is 2.84. The first kappa shape index (κ1) is 9.42. The molecule has 0 bridgehead atoms. The number of nitro groups is 1. The highest BCUT2D eigenvalue weighted by Crippen LogP contribution is 2.07. The van der Waals surface area contributed by atoms with Gasteiger partial charge >= 0.3 is 0 Å². The Kier molecular flexibility index (Phi) is 4.92. The van der Waals surface area contributed by atoms with Crippen molar-refractivity contribution in [2.75, 3.05) is 12.3 Å². The molecular weight excluding hydrogens is 154 g/mol. The highest BCUT2D eigenvalue weighted by Gasteiger charge is 2.07. The predicted octanol–water partition coefficient (Wildman–Crippen LogP) is 0.584. The molecule has 0 fully saturated rings. The molecule has 0 amide bonds. The second kappa shape index (κ2) is 5.22. The molecule has 0 aromatic rings. The summed E-state index contributed by atoms with van der Waals surface area (Å²) in [5.74, 6) is 0.342. The summed E-state index contributed by atoms with van der Waals surface area (Å²) in [6, 6.07) is 0. The normalized spacial score (nSPS) is 12.5. The number of hydrogen-bond donors (Lipinski definition) is 0. The Labute approximate surface area is 63.1 Å². The Hall–Kier alpha value is -0.580. The largest absolute Gasteiger partial charge is 0.302 e. The predicted molar refractivity (Wildman–Crippen MR) is 39.8 cm³/mol. The molecule has 10 heavy (non-hydrogen) atoms. The second-order valence-corrected chi connectivity index (χ2v) is 3.30. The number of carbonyl (C=O) groups excluding carboxylic acids is 1. The van der Waals surface area contributed by atoms with Crippen molar-refractivity contribution in [1.82, 2.24) is 0 Å². The van der Waals surface area contributed by atoms with E-state index in [4.69, 9.17) is 0 Å². The summed E-state index contributed by atoms with van der Waals surface area (Å²) in [5.41, 5.74) is 0. The van der Waals surface area contributed by atoms with E-state index in [1.807, 2.05) is 0 Å². The molecule has 4 nitrogen and oxygen atoms in total. The zero-order valence-corrected chi connectivity index (χ0v) is 6.47. The number of rotatable bonds is 5. The number of nitrogens with zero attached hydrogens (tertiary/aromatic N) is 1. The Morgan fingerprint density at radius 1 is 1.80 bits per heavy atom. The lowest BCUT2D eigenvalue weighted by atomic mass is 10.5. The minimum Gasteiger partial charge on any atom is -0.302 e. The molecule has 0 rings (SSSR count). The molecule has 0 aromatic heterocycles. The molecule has 0 aromatic carbocycles. The van der Waals surface area contributed by atoms with Gasteiger partial charge in [0.05, 0.1) is 5.25 Å². The summed E-state index contributed by atoms with van der Waals surface area (Å²) in [6.45, 7) is 1.66. The fourth-order valence-electron chi connectivity index (χ4n) is 0.466. The Bertz CT molecular complexity index is 128. The topological polar surface area (TPSA) is 60.2 Å². The molecule has 0 aliphatic carbocycles. The van der Waals surface area contributed by atoms with Gasteiger partial charge in [0, 0.05) is 10.7 Å². The highest BCUT2D eigenvalue weighted by atomic mass is 32.2. The van der Waals surface area contributed by atoms with E-state index in [0.29, 0.717) is 5.75 Å². The molecule has 0 aliphatic heterocycles. The van der Waals surface area contributed by atoms with Crippen molar-refractivity contribution in [3.63, 3.8) is 0 Å². The molecule has 0 aliphatic rings. The van der Waals surface area contributed by atoms with E-state index in [2.05, 4.69) is 0 Å². The van der Waals surface area contributed by atoms with E-state index in [1.54, 1.807) is 6.92 Å². The molecule has 0 saturated carbocycles. The van der Waals surface area contributed by atoms with Gasteiger partial charge in [0.15, 0.2) is 0 Å². The lowest BCUT2D eigenvalue weighted by Gasteiger charge is -2.01. The third-order valence-corrected chi connectivity index (χ3v) is 1.90. The van der Waals surface area contributed by atoms with Crippen LogP contribution in [-0.2, 0) is 4.79 Å². The minimum absolute atomic E-state index is 0.0693. The maximum absolute atomic E-state index is 9.88. The van der Waals surface area contributed by atoms with Crippen LogP contribution < -0.4 is 0 Å². The van der Waals surface area contributed by atoms with Crippen molar-refractivity contribution in [2.24, 2.45) is 0 Å². The maximum Gasteiger partial charge on any atom is 0.215 e.